The highest BCUT2D eigenvalue weighted by Crippen LogP contribution is 2.13. The molecular weight excluding hydrogens is 322 g/mol. The number of carbonyl (C=O) groups is 3. The number of nitrogens with zero attached hydrogens (tertiary/aromatic N) is 2. The van der Waals surface area contributed by atoms with Crippen molar-refractivity contribution >= 4 is 30.2 Å². The summed E-state index contributed by atoms with van der Waals surface area (Å²) in [5.41, 5.74) is 5.45. The highest BCUT2D eigenvalue weighted by molar-refractivity contribution is 5.85. The molecule has 0 aromatic carbocycles. The first-order valence-electron chi connectivity index (χ1n) is 7.54. The molecule has 136 valence electrons. The molecule has 0 bridgehead atoms. The fourth-order valence-electron chi connectivity index (χ4n) is 2.19. The Kier molecular flexibility index (Phi) is 12.6. The van der Waals surface area contributed by atoms with Crippen molar-refractivity contribution in [1.29, 1.82) is 0 Å². The maximum absolute atomic E-state index is 10.7. The molecule has 0 aromatic rings. The number of carbonyl (C=O) groups excluding carboxylic acids is 3. The average Bonchev–Trinajstić information content (AvgIpc) is 2.82. The minimum absolute atomic E-state index is 0. The van der Waals surface area contributed by atoms with Crippen LogP contribution in [0, 0.1) is 5.92 Å². The second-order valence-electron chi connectivity index (χ2n) is 5.75. The molecule has 7 nitrogen and oxygen atoms in total. The van der Waals surface area contributed by atoms with Gasteiger partial charge in [0.1, 0.15) is 0 Å². The third-order valence-corrected chi connectivity index (χ3v) is 3.25. The lowest BCUT2D eigenvalue weighted by atomic mass is 10.2. The molecule has 0 saturated carbocycles. The summed E-state index contributed by atoms with van der Waals surface area (Å²) in [6.07, 6.45) is 1.27. The number of esters is 1. The van der Waals surface area contributed by atoms with Crippen LogP contribution in [-0.4, -0.2) is 67.4 Å². The van der Waals surface area contributed by atoms with E-state index in [0.717, 1.165) is 19.5 Å². The number of likely N-dealkylation sites (tertiary alicyclic amines) is 2. The van der Waals surface area contributed by atoms with Crippen LogP contribution < -0.4 is 5.73 Å². The number of ether oxygens (including phenoxy) is 1. The van der Waals surface area contributed by atoms with Crippen LogP contribution in [0.3, 0.4) is 0 Å². The number of likely N-dealkylation sites (N-methyl/N-ethyl adjacent to an activating group) is 1. The van der Waals surface area contributed by atoms with E-state index in [9.17, 15) is 14.4 Å². The molecule has 2 fully saturated rings. The normalized spacial score (nSPS) is 22.5. The highest BCUT2D eigenvalue weighted by Gasteiger charge is 2.23. The van der Waals surface area contributed by atoms with Crippen molar-refractivity contribution in [2.75, 3.05) is 33.8 Å². The zero-order valence-electron chi connectivity index (χ0n) is 14.7. The van der Waals surface area contributed by atoms with Gasteiger partial charge < -0.3 is 20.3 Å². The largest absolute Gasteiger partial charge is 0.466 e. The predicted octanol–water partition coefficient (Wildman–Crippen LogP) is 0.652. The first-order chi connectivity index (χ1) is 10.2. The van der Waals surface area contributed by atoms with Gasteiger partial charge in [0.25, 0.3) is 0 Å². The first-order valence-corrected chi connectivity index (χ1v) is 7.54. The summed E-state index contributed by atoms with van der Waals surface area (Å²) in [7, 11) is 3.63. The van der Waals surface area contributed by atoms with E-state index < -0.39 is 0 Å². The first kappa shape index (κ1) is 23.9. The smallest absolute Gasteiger partial charge is 0.302 e. The lowest BCUT2D eigenvalue weighted by Gasteiger charge is -2.04. The summed E-state index contributed by atoms with van der Waals surface area (Å²) in [4.78, 5) is 34.6. The van der Waals surface area contributed by atoms with Crippen LogP contribution >= 0.6 is 12.4 Å². The van der Waals surface area contributed by atoms with Gasteiger partial charge in [-0.25, -0.2) is 0 Å². The van der Waals surface area contributed by atoms with Gasteiger partial charge in [0.15, 0.2) is 0 Å². The van der Waals surface area contributed by atoms with E-state index in [1.54, 1.807) is 23.8 Å². The van der Waals surface area contributed by atoms with Crippen molar-refractivity contribution in [1.82, 2.24) is 9.80 Å². The van der Waals surface area contributed by atoms with Gasteiger partial charge in [0.2, 0.25) is 11.8 Å². The van der Waals surface area contributed by atoms with E-state index in [4.69, 9.17) is 5.73 Å². The fraction of sp³-hybridized carbons (Fsp3) is 0.800. The Hall–Kier alpha value is -1.34. The molecule has 0 aromatic heterocycles. The monoisotopic (exact) mass is 351 g/mol. The summed E-state index contributed by atoms with van der Waals surface area (Å²) < 4.78 is 4.40. The number of nitrogens with two attached hydrogens (primary N) is 1. The number of hydrogen-bond acceptors (Lipinski definition) is 5. The second kappa shape index (κ2) is 12.1. The lowest BCUT2D eigenvalue weighted by molar-refractivity contribution is -0.140. The summed E-state index contributed by atoms with van der Waals surface area (Å²) in [5.74, 6) is 0.819. The Balaban J connectivity index is 0. The van der Waals surface area contributed by atoms with Crippen LogP contribution in [0.2, 0.25) is 0 Å². The van der Waals surface area contributed by atoms with Crippen LogP contribution in [0.1, 0.15) is 33.6 Å². The third-order valence-electron chi connectivity index (χ3n) is 3.25. The van der Waals surface area contributed by atoms with Crippen molar-refractivity contribution in [3.05, 3.63) is 0 Å². The summed E-state index contributed by atoms with van der Waals surface area (Å²) in [5, 5.41) is 0. The Morgan fingerprint density at radius 1 is 1.17 bits per heavy atom. The molecular formula is C15H30ClN3O4. The molecule has 23 heavy (non-hydrogen) atoms. The van der Waals surface area contributed by atoms with E-state index >= 15 is 0 Å². The molecule has 2 aliphatic rings. The minimum atomic E-state index is -0.211. The van der Waals surface area contributed by atoms with Gasteiger partial charge in [0.05, 0.1) is 6.61 Å². The van der Waals surface area contributed by atoms with Crippen molar-refractivity contribution in [3.63, 3.8) is 0 Å². The highest BCUT2D eigenvalue weighted by atomic mass is 35.5. The van der Waals surface area contributed by atoms with Gasteiger partial charge in [-0.1, -0.05) is 6.92 Å². The van der Waals surface area contributed by atoms with Crippen LogP contribution in [0.4, 0.5) is 0 Å². The van der Waals surface area contributed by atoms with Crippen LogP contribution in [0.25, 0.3) is 0 Å². The average molecular weight is 352 g/mol. The Bertz CT molecular complexity index is 365. The Morgan fingerprint density at radius 2 is 1.65 bits per heavy atom. The van der Waals surface area contributed by atoms with Crippen molar-refractivity contribution in [2.24, 2.45) is 11.7 Å². The summed E-state index contributed by atoms with van der Waals surface area (Å²) in [6.45, 7) is 7.42. The molecule has 8 heteroatoms. The minimum Gasteiger partial charge on any atom is -0.466 e. The molecule has 2 atom stereocenters. The molecule has 2 N–H and O–H groups in total. The van der Waals surface area contributed by atoms with Gasteiger partial charge in [-0.2, -0.15) is 0 Å². The van der Waals surface area contributed by atoms with Gasteiger partial charge >= 0.3 is 5.97 Å². The molecule has 2 heterocycles. The second-order valence-corrected chi connectivity index (χ2v) is 5.75. The van der Waals surface area contributed by atoms with E-state index in [1.165, 1.54) is 6.92 Å². The lowest BCUT2D eigenvalue weighted by Crippen LogP contribution is -2.24. The molecule has 0 aliphatic carbocycles. The molecule has 2 amide bonds. The van der Waals surface area contributed by atoms with E-state index in [1.807, 2.05) is 7.05 Å². The Morgan fingerprint density at radius 3 is 1.74 bits per heavy atom. The van der Waals surface area contributed by atoms with Gasteiger partial charge in [-0.3, -0.25) is 14.4 Å². The standard InChI is InChI=1S/C6H11NO.C5H10N2O.C4H8O2.ClH/c1-5-3-6(8)7(2)4-5;1-7-3-4(6)2-5(7)8;1-3-6-4(2)5;/h5H,3-4H2,1-2H3;4H,2-3,6H2,1H3;3H2,1-2H3;1H/t5-;4-;;/m00../s1. The maximum Gasteiger partial charge on any atom is 0.302 e. The molecule has 2 aliphatic heterocycles. The fourth-order valence-corrected chi connectivity index (χ4v) is 2.19. The molecule has 2 saturated heterocycles. The van der Waals surface area contributed by atoms with E-state index in [-0.39, 0.29) is 36.2 Å². The predicted molar refractivity (Wildman–Crippen MR) is 91.2 cm³/mol. The van der Waals surface area contributed by atoms with Crippen LogP contribution in [-0.2, 0) is 19.1 Å². The van der Waals surface area contributed by atoms with Gasteiger partial charge in [-0.05, 0) is 12.8 Å². The summed E-state index contributed by atoms with van der Waals surface area (Å²) in [6, 6.07) is 0.0764. The SMILES string of the molecule is CCOC(C)=O.CN1C[C@@H](N)CC1=O.C[C@H]1CC(=O)N(C)C1.Cl. The topological polar surface area (TPSA) is 92.9 Å². The molecule has 0 spiro atoms. The summed E-state index contributed by atoms with van der Waals surface area (Å²) >= 11 is 0. The Labute approximate surface area is 144 Å². The van der Waals surface area contributed by atoms with E-state index in [2.05, 4.69) is 11.7 Å². The van der Waals surface area contributed by atoms with Crippen molar-refractivity contribution in [3.8, 4) is 0 Å². The zero-order valence-corrected chi connectivity index (χ0v) is 15.5. The number of amides is 2. The molecule has 0 unspecified atom stereocenters. The quantitative estimate of drug-likeness (QED) is 0.700. The number of halogens is 1. The van der Waals surface area contributed by atoms with Crippen molar-refractivity contribution in [2.45, 2.75) is 39.7 Å². The van der Waals surface area contributed by atoms with Crippen LogP contribution in [0.15, 0.2) is 0 Å². The molecule has 2 rings (SSSR count). The third kappa shape index (κ3) is 10.9. The number of rotatable bonds is 1. The maximum atomic E-state index is 10.7. The van der Waals surface area contributed by atoms with Gasteiger partial charge in [-0.15, -0.1) is 12.4 Å². The zero-order chi connectivity index (χ0) is 17.3. The number of hydrogen-bond donors (Lipinski definition) is 1. The molecule has 0 radical (unpaired) electrons. The van der Waals surface area contributed by atoms with Gasteiger partial charge in [0, 0.05) is 53.0 Å². The van der Waals surface area contributed by atoms with Crippen LogP contribution in [0.5, 0.6) is 0 Å². The van der Waals surface area contributed by atoms with E-state index in [0.29, 0.717) is 18.9 Å². The van der Waals surface area contributed by atoms with Crippen molar-refractivity contribution < 1.29 is 19.1 Å².